The number of hydrogen-bond acceptors (Lipinski definition) is 5. The summed E-state index contributed by atoms with van der Waals surface area (Å²) in [5, 5.41) is 8.68. The molecule has 0 aliphatic heterocycles. The number of anilines is 1. The topological polar surface area (TPSA) is 118 Å². The van der Waals surface area contributed by atoms with Gasteiger partial charge >= 0.3 is 5.97 Å². The van der Waals surface area contributed by atoms with Crippen molar-refractivity contribution in [2.24, 2.45) is 0 Å². The lowest BCUT2D eigenvalue weighted by Gasteiger charge is -2.09. The van der Waals surface area contributed by atoms with Gasteiger partial charge in [-0.05, 0) is 5.56 Å². The van der Waals surface area contributed by atoms with E-state index in [0.29, 0.717) is 5.56 Å². The normalized spacial score (nSPS) is 11.1. The Bertz CT molecular complexity index is 830. The van der Waals surface area contributed by atoms with Crippen LogP contribution in [0.25, 0.3) is 0 Å². The maximum atomic E-state index is 12.1. The average Bonchev–Trinajstić information content (AvgIpc) is 2.43. The Balaban J connectivity index is 2.23. The summed E-state index contributed by atoms with van der Waals surface area (Å²) in [4.78, 5) is 26.3. The van der Waals surface area contributed by atoms with Gasteiger partial charge in [-0.3, -0.25) is 18.9 Å². The average molecular weight is 323 g/mol. The third kappa shape index (κ3) is 4.16. The molecule has 2 aromatic rings. The summed E-state index contributed by atoms with van der Waals surface area (Å²) < 4.78 is 27.0. The fourth-order valence-electron chi connectivity index (χ4n) is 1.78. The largest absolute Gasteiger partial charge is 0.480 e. The van der Waals surface area contributed by atoms with Crippen LogP contribution in [-0.2, 0) is 27.1 Å². The number of carbonyl (C=O) groups is 1. The van der Waals surface area contributed by atoms with Crippen LogP contribution in [0.2, 0.25) is 0 Å². The minimum absolute atomic E-state index is 0.292. The molecule has 0 radical (unpaired) electrons. The van der Waals surface area contributed by atoms with Crippen molar-refractivity contribution in [3.63, 3.8) is 0 Å². The number of nitrogens with zero attached hydrogens (tertiary/aromatic N) is 2. The van der Waals surface area contributed by atoms with E-state index in [2.05, 4.69) is 9.71 Å². The van der Waals surface area contributed by atoms with Gasteiger partial charge in [0.2, 0.25) is 10.0 Å². The Morgan fingerprint density at radius 1 is 1.27 bits per heavy atom. The first-order valence-corrected chi connectivity index (χ1v) is 7.83. The molecule has 0 amide bonds. The van der Waals surface area contributed by atoms with Crippen molar-refractivity contribution in [3.05, 3.63) is 58.8 Å². The number of aromatic nitrogens is 2. The molecule has 0 spiro atoms. The Morgan fingerprint density at radius 2 is 1.95 bits per heavy atom. The van der Waals surface area contributed by atoms with E-state index in [9.17, 15) is 18.0 Å². The maximum absolute atomic E-state index is 12.1. The molecule has 1 aromatic carbocycles. The van der Waals surface area contributed by atoms with Crippen molar-refractivity contribution in [2.75, 3.05) is 4.72 Å². The van der Waals surface area contributed by atoms with Crippen LogP contribution in [0.15, 0.2) is 47.7 Å². The molecule has 2 N–H and O–H groups in total. The third-order valence-corrected chi connectivity index (χ3v) is 3.92. The van der Waals surface area contributed by atoms with Gasteiger partial charge in [0.1, 0.15) is 12.2 Å². The summed E-state index contributed by atoms with van der Waals surface area (Å²) in [6.45, 7) is -0.597. The monoisotopic (exact) mass is 323 g/mol. The van der Waals surface area contributed by atoms with Crippen molar-refractivity contribution in [1.82, 2.24) is 9.55 Å². The number of aliphatic carboxylic acids is 1. The lowest BCUT2D eigenvalue weighted by molar-refractivity contribution is -0.137. The predicted molar refractivity (Wildman–Crippen MR) is 78.8 cm³/mol. The van der Waals surface area contributed by atoms with E-state index in [4.69, 9.17) is 5.11 Å². The molecule has 0 saturated heterocycles. The molecule has 116 valence electrons. The first kappa shape index (κ1) is 15.7. The number of hydrogen-bond donors (Lipinski definition) is 2. The van der Waals surface area contributed by atoms with Crippen molar-refractivity contribution in [3.8, 4) is 0 Å². The predicted octanol–water partition coefficient (Wildman–Crippen LogP) is 0.270. The Kier molecular flexibility index (Phi) is 4.56. The molecule has 8 nitrogen and oxygen atoms in total. The molecule has 0 bridgehead atoms. The van der Waals surface area contributed by atoms with Gasteiger partial charge in [0, 0.05) is 0 Å². The van der Waals surface area contributed by atoms with Gasteiger partial charge in [-0.1, -0.05) is 30.3 Å². The highest BCUT2D eigenvalue weighted by molar-refractivity contribution is 7.91. The van der Waals surface area contributed by atoms with E-state index in [-0.39, 0.29) is 11.4 Å². The summed E-state index contributed by atoms with van der Waals surface area (Å²) in [5.74, 6) is -1.53. The quantitative estimate of drug-likeness (QED) is 0.787. The minimum Gasteiger partial charge on any atom is -0.480 e. The van der Waals surface area contributed by atoms with Crippen LogP contribution >= 0.6 is 0 Å². The molecule has 0 fully saturated rings. The van der Waals surface area contributed by atoms with Crippen LogP contribution in [-0.4, -0.2) is 29.0 Å². The molecular weight excluding hydrogens is 310 g/mol. The zero-order valence-electron chi connectivity index (χ0n) is 11.3. The smallest absolute Gasteiger partial charge is 0.323 e. The fourth-order valence-corrected chi connectivity index (χ4v) is 2.95. The number of carboxylic acids is 1. The van der Waals surface area contributed by atoms with Gasteiger partial charge in [-0.2, -0.15) is 0 Å². The molecule has 2 rings (SSSR count). The molecule has 9 heteroatoms. The first-order chi connectivity index (χ1) is 10.4. The van der Waals surface area contributed by atoms with Gasteiger partial charge in [0.25, 0.3) is 5.56 Å². The number of carboxylic acid groups (broad SMARTS) is 1. The highest BCUT2D eigenvalue weighted by Crippen LogP contribution is 2.08. The molecule has 1 heterocycles. The molecular formula is C13H13N3O5S. The van der Waals surface area contributed by atoms with E-state index >= 15 is 0 Å². The molecule has 0 aliphatic carbocycles. The number of rotatable bonds is 6. The van der Waals surface area contributed by atoms with Crippen LogP contribution in [0.3, 0.4) is 0 Å². The van der Waals surface area contributed by atoms with Crippen molar-refractivity contribution in [2.45, 2.75) is 12.3 Å². The zero-order valence-corrected chi connectivity index (χ0v) is 12.2. The number of sulfonamides is 1. The van der Waals surface area contributed by atoms with Gasteiger partial charge < -0.3 is 5.11 Å². The molecule has 22 heavy (non-hydrogen) atoms. The summed E-state index contributed by atoms with van der Waals surface area (Å²) in [6, 6.07) is 8.45. The molecule has 0 unspecified atom stereocenters. The third-order valence-electron chi connectivity index (χ3n) is 2.67. The number of benzene rings is 1. The zero-order chi connectivity index (χ0) is 16.2. The van der Waals surface area contributed by atoms with Crippen molar-refractivity contribution in [1.29, 1.82) is 0 Å². The van der Waals surface area contributed by atoms with Gasteiger partial charge in [0.05, 0.1) is 18.3 Å². The van der Waals surface area contributed by atoms with E-state index in [1.807, 2.05) is 0 Å². The Hall–Kier alpha value is -2.68. The highest BCUT2D eigenvalue weighted by Gasteiger charge is 2.15. The van der Waals surface area contributed by atoms with Gasteiger partial charge in [-0.15, -0.1) is 0 Å². The standard InChI is InChI=1S/C13H13N3O5S/c17-12(18)7-16-9-14-6-11(13(16)19)15-22(20,21)8-10-4-2-1-3-5-10/h1-6,9,15H,7-8H2,(H,17,18). The van der Waals surface area contributed by atoms with E-state index in [1.54, 1.807) is 30.3 Å². The second-order valence-corrected chi connectivity index (χ2v) is 6.20. The first-order valence-electron chi connectivity index (χ1n) is 6.18. The van der Waals surface area contributed by atoms with E-state index in [1.165, 1.54) is 0 Å². The van der Waals surface area contributed by atoms with Gasteiger partial charge in [-0.25, -0.2) is 13.4 Å². The minimum atomic E-state index is -3.81. The van der Waals surface area contributed by atoms with Gasteiger partial charge in [0.15, 0.2) is 0 Å². The van der Waals surface area contributed by atoms with Crippen molar-refractivity contribution >= 4 is 21.7 Å². The fraction of sp³-hybridized carbons (Fsp3) is 0.154. The van der Waals surface area contributed by atoms with Crippen LogP contribution in [0.4, 0.5) is 5.69 Å². The highest BCUT2D eigenvalue weighted by atomic mass is 32.2. The number of nitrogens with one attached hydrogen (secondary N) is 1. The van der Waals surface area contributed by atoms with E-state index < -0.39 is 28.1 Å². The summed E-state index contributed by atoms with van der Waals surface area (Å²) >= 11 is 0. The summed E-state index contributed by atoms with van der Waals surface area (Å²) in [6.07, 6.45) is 2.08. The van der Waals surface area contributed by atoms with E-state index in [0.717, 1.165) is 17.1 Å². The SMILES string of the molecule is O=C(O)Cn1cncc(NS(=O)(=O)Cc2ccccc2)c1=O. The van der Waals surface area contributed by atoms with Crippen molar-refractivity contribution < 1.29 is 18.3 Å². The summed E-state index contributed by atoms with van der Waals surface area (Å²) in [7, 11) is -3.81. The molecule has 0 saturated carbocycles. The molecule has 0 atom stereocenters. The van der Waals surface area contributed by atoms with Crippen LogP contribution in [0, 0.1) is 0 Å². The Morgan fingerprint density at radius 3 is 2.59 bits per heavy atom. The Labute approximate surface area is 126 Å². The lowest BCUT2D eigenvalue weighted by atomic mass is 10.2. The second-order valence-electron chi connectivity index (χ2n) is 4.48. The maximum Gasteiger partial charge on any atom is 0.323 e. The molecule has 0 aliphatic rings. The lowest BCUT2D eigenvalue weighted by Crippen LogP contribution is -2.28. The second kappa shape index (κ2) is 6.39. The van der Waals surface area contributed by atoms with Crippen LogP contribution in [0.1, 0.15) is 5.56 Å². The van der Waals surface area contributed by atoms with Crippen LogP contribution in [0.5, 0.6) is 0 Å². The molecule has 1 aromatic heterocycles. The summed E-state index contributed by atoms with van der Waals surface area (Å²) in [5.41, 5.74) is -0.501. The van der Waals surface area contributed by atoms with Crippen LogP contribution < -0.4 is 10.3 Å².